The van der Waals surface area contributed by atoms with Crippen LogP contribution in [0, 0.1) is 16.0 Å². The van der Waals surface area contributed by atoms with Crippen LogP contribution in [0.1, 0.15) is 35.7 Å². The van der Waals surface area contributed by atoms with Crippen LogP contribution in [-0.2, 0) is 16.0 Å². The zero-order chi connectivity index (χ0) is 20.1. The van der Waals surface area contributed by atoms with Gasteiger partial charge in [0, 0.05) is 37.3 Å². The molecule has 1 fully saturated rings. The Labute approximate surface area is 156 Å². The van der Waals surface area contributed by atoms with E-state index in [1.54, 1.807) is 13.0 Å². The first-order valence-corrected chi connectivity index (χ1v) is 8.78. The van der Waals surface area contributed by atoms with E-state index in [0.29, 0.717) is 31.4 Å². The Bertz CT molecular complexity index is 763. The number of carboxylic acids is 1. The summed E-state index contributed by atoms with van der Waals surface area (Å²) >= 11 is 0. The van der Waals surface area contributed by atoms with Gasteiger partial charge in [-0.05, 0) is 25.3 Å². The Morgan fingerprint density at radius 2 is 2.07 bits per heavy atom. The van der Waals surface area contributed by atoms with Gasteiger partial charge < -0.3 is 14.9 Å². The molecule has 0 aromatic heterocycles. The third-order valence-corrected chi connectivity index (χ3v) is 4.75. The summed E-state index contributed by atoms with van der Waals surface area (Å²) in [4.78, 5) is 49.4. The Hall–Kier alpha value is -2.97. The van der Waals surface area contributed by atoms with Gasteiger partial charge >= 0.3 is 5.97 Å². The van der Waals surface area contributed by atoms with Crippen molar-refractivity contribution in [3.63, 3.8) is 0 Å². The van der Waals surface area contributed by atoms with E-state index < -0.39 is 22.7 Å². The number of carboxylic acid groups (broad SMARTS) is 1. The predicted molar refractivity (Wildman–Crippen MR) is 96.4 cm³/mol. The van der Waals surface area contributed by atoms with Crippen LogP contribution in [0.15, 0.2) is 18.2 Å². The maximum atomic E-state index is 12.5. The molecule has 2 rings (SSSR count). The number of hydrogen-bond acceptors (Lipinski definition) is 5. The van der Waals surface area contributed by atoms with Crippen LogP contribution in [0.2, 0.25) is 0 Å². The van der Waals surface area contributed by atoms with Crippen molar-refractivity contribution in [1.82, 2.24) is 9.80 Å². The average molecular weight is 377 g/mol. The molecule has 1 heterocycles. The predicted octanol–water partition coefficient (Wildman–Crippen LogP) is 1.55. The molecule has 0 saturated carbocycles. The van der Waals surface area contributed by atoms with E-state index in [9.17, 15) is 24.5 Å². The largest absolute Gasteiger partial charge is 0.481 e. The minimum atomic E-state index is -0.930. The lowest BCUT2D eigenvalue weighted by atomic mass is 9.98. The topological polar surface area (TPSA) is 121 Å². The van der Waals surface area contributed by atoms with E-state index >= 15 is 0 Å². The number of nitro groups is 1. The molecule has 1 aliphatic rings. The highest BCUT2D eigenvalue weighted by molar-refractivity contribution is 5.97. The van der Waals surface area contributed by atoms with Crippen LogP contribution >= 0.6 is 0 Å². The first kappa shape index (κ1) is 20.3. The molecule has 1 aromatic carbocycles. The molecule has 1 saturated heterocycles. The van der Waals surface area contributed by atoms with Crippen molar-refractivity contribution >= 4 is 23.5 Å². The summed E-state index contributed by atoms with van der Waals surface area (Å²) in [5, 5.41) is 20.3. The van der Waals surface area contributed by atoms with Gasteiger partial charge in [0.05, 0.1) is 17.4 Å². The first-order valence-electron chi connectivity index (χ1n) is 8.78. The summed E-state index contributed by atoms with van der Waals surface area (Å²) in [7, 11) is 1.44. The second-order valence-electron chi connectivity index (χ2n) is 6.63. The van der Waals surface area contributed by atoms with Gasteiger partial charge in [-0.3, -0.25) is 24.5 Å². The number of likely N-dealkylation sites (N-methyl/N-ethyl adjacent to an activating group) is 1. The van der Waals surface area contributed by atoms with Crippen molar-refractivity contribution in [3.8, 4) is 0 Å². The van der Waals surface area contributed by atoms with E-state index in [-0.39, 0.29) is 30.2 Å². The highest BCUT2D eigenvalue weighted by Crippen LogP contribution is 2.22. The van der Waals surface area contributed by atoms with E-state index in [4.69, 9.17) is 5.11 Å². The van der Waals surface area contributed by atoms with Crippen molar-refractivity contribution in [2.24, 2.45) is 5.92 Å². The maximum Gasteiger partial charge on any atom is 0.308 e. The third-order valence-electron chi connectivity index (χ3n) is 4.75. The number of aryl methyl sites for hydroxylation is 1. The fraction of sp³-hybridized carbons (Fsp3) is 0.500. The van der Waals surface area contributed by atoms with Gasteiger partial charge in [0.1, 0.15) is 0 Å². The number of rotatable bonds is 6. The summed E-state index contributed by atoms with van der Waals surface area (Å²) in [6.45, 7) is 2.17. The van der Waals surface area contributed by atoms with E-state index in [1.165, 1.54) is 29.0 Å². The number of carbonyl (C=O) groups is 3. The minimum Gasteiger partial charge on any atom is -0.481 e. The van der Waals surface area contributed by atoms with Crippen LogP contribution in [0.25, 0.3) is 0 Å². The normalized spacial score (nSPS) is 16.7. The lowest BCUT2D eigenvalue weighted by molar-refractivity contribution is -0.385. The summed E-state index contributed by atoms with van der Waals surface area (Å²) in [6.07, 6.45) is 1.60. The molecule has 27 heavy (non-hydrogen) atoms. The number of carbonyl (C=O) groups excluding carboxylic acids is 2. The standard InChI is InChI=1S/C18H23N3O6/c1-3-12-6-7-13(9-15(12)21(26)27)17(23)19(2)11-16(22)20-8-4-5-14(10-20)18(24)25/h6-7,9,14H,3-5,8,10-11H2,1-2H3,(H,24,25). The van der Waals surface area contributed by atoms with Gasteiger partial charge in [-0.2, -0.15) is 0 Å². The molecule has 0 aliphatic carbocycles. The molecule has 1 aliphatic heterocycles. The number of likely N-dealkylation sites (tertiary alicyclic amines) is 1. The summed E-state index contributed by atoms with van der Waals surface area (Å²) in [5.74, 6) is -2.36. The number of benzene rings is 1. The SMILES string of the molecule is CCc1ccc(C(=O)N(C)CC(=O)N2CCCC(C(=O)O)C2)cc1[N+](=O)[O-]. The first-order chi connectivity index (χ1) is 12.7. The van der Waals surface area contributed by atoms with Crippen LogP contribution in [-0.4, -0.2) is 64.3 Å². The van der Waals surface area contributed by atoms with Gasteiger partial charge in [0.15, 0.2) is 0 Å². The third kappa shape index (κ3) is 4.81. The van der Waals surface area contributed by atoms with Gasteiger partial charge in [-0.15, -0.1) is 0 Å². The lowest BCUT2D eigenvalue weighted by Crippen LogP contribution is -2.46. The maximum absolute atomic E-state index is 12.5. The molecule has 0 bridgehead atoms. The Balaban J connectivity index is 2.07. The number of aliphatic carboxylic acids is 1. The zero-order valence-electron chi connectivity index (χ0n) is 15.4. The van der Waals surface area contributed by atoms with Gasteiger partial charge in [-0.25, -0.2) is 0 Å². The summed E-state index contributed by atoms with van der Waals surface area (Å²) in [6, 6.07) is 4.28. The molecule has 9 heteroatoms. The lowest BCUT2D eigenvalue weighted by Gasteiger charge is -2.32. The second kappa shape index (κ2) is 8.61. The van der Waals surface area contributed by atoms with Gasteiger partial charge in [-0.1, -0.05) is 13.0 Å². The summed E-state index contributed by atoms with van der Waals surface area (Å²) in [5.41, 5.74) is 0.544. The quantitative estimate of drug-likeness (QED) is 0.593. The number of hydrogen-bond donors (Lipinski definition) is 1. The molecule has 2 amide bonds. The number of amides is 2. The highest BCUT2D eigenvalue weighted by atomic mass is 16.6. The molecule has 146 valence electrons. The summed E-state index contributed by atoms with van der Waals surface area (Å²) < 4.78 is 0. The smallest absolute Gasteiger partial charge is 0.308 e. The van der Waals surface area contributed by atoms with Crippen molar-refractivity contribution in [2.45, 2.75) is 26.2 Å². The van der Waals surface area contributed by atoms with E-state index in [2.05, 4.69) is 0 Å². The van der Waals surface area contributed by atoms with Crippen molar-refractivity contribution in [2.75, 3.05) is 26.7 Å². The molecular formula is C18H23N3O6. The van der Waals surface area contributed by atoms with Crippen LogP contribution in [0.4, 0.5) is 5.69 Å². The van der Waals surface area contributed by atoms with Crippen LogP contribution in [0.3, 0.4) is 0 Å². The van der Waals surface area contributed by atoms with Crippen LogP contribution < -0.4 is 0 Å². The number of nitrogens with zero attached hydrogens (tertiary/aromatic N) is 3. The molecule has 0 spiro atoms. The Morgan fingerprint density at radius 1 is 1.37 bits per heavy atom. The second-order valence-corrected chi connectivity index (χ2v) is 6.63. The van der Waals surface area contributed by atoms with Crippen molar-refractivity contribution < 1.29 is 24.4 Å². The van der Waals surface area contributed by atoms with Crippen molar-refractivity contribution in [1.29, 1.82) is 0 Å². The average Bonchev–Trinajstić information content (AvgIpc) is 2.66. The minimum absolute atomic E-state index is 0.122. The fourth-order valence-electron chi connectivity index (χ4n) is 3.17. The Kier molecular flexibility index (Phi) is 6.49. The molecular weight excluding hydrogens is 354 g/mol. The van der Waals surface area contributed by atoms with Crippen LogP contribution in [0.5, 0.6) is 0 Å². The van der Waals surface area contributed by atoms with Crippen molar-refractivity contribution in [3.05, 3.63) is 39.4 Å². The Morgan fingerprint density at radius 3 is 2.67 bits per heavy atom. The monoisotopic (exact) mass is 377 g/mol. The number of piperidine rings is 1. The molecule has 1 unspecified atom stereocenters. The molecule has 1 N–H and O–H groups in total. The molecule has 9 nitrogen and oxygen atoms in total. The van der Waals surface area contributed by atoms with E-state index in [0.717, 1.165) is 0 Å². The fourth-order valence-corrected chi connectivity index (χ4v) is 3.17. The molecule has 1 atom stereocenters. The van der Waals surface area contributed by atoms with Gasteiger partial charge in [0.25, 0.3) is 11.6 Å². The molecule has 1 aromatic rings. The van der Waals surface area contributed by atoms with E-state index in [1.807, 2.05) is 0 Å². The molecule has 0 radical (unpaired) electrons. The highest BCUT2D eigenvalue weighted by Gasteiger charge is 2.29. The van der Waals surface area contributed by atoms with Gasteiger partial charge in [0.2, 0.25) is 5.91 Å². The number of nitro benzene ring substituents is 1. The zero-order valence-corrected chi connectivity index (χ0v) is 15.4.